The number of halogens is 1. The average Bonchev–Trinajstić information content (AvgIpc) is 2.74. The summed E-state index contributed by atoms with van der Waals surface area (Å²) in [6.07, 6.45) is 1.46. The summed E-state index contributed by atoms with van der Waals surface area (Å²) >= 11 is 0. The zero-order chi connectivity index (χ0) is 26.4. The maximum Gasteiger partial charge on any atom is 0.242 e. The van der Waals surface area contributed by atoms with Gasteiger partial charge in [0, 0.05) is 25.0 Å². The molecule has 0 unspecified atom stereocenters. The molecule has 0 aliphatic heterocycles. The van der Waals surface area contributed by atoms with Crippen LogP contribution in [0.3, 0.4) is 0 Å². The SMILES string of the molecule is Cc1ccccc1N(CCCC(=O)N(Cc1ccc(F)cc1)[C@H](C)C(=O)NC(C)(C)C)S(C)(=O)=O. The summed E-state index contributed by atoms with van der Waals surface area (Å²) in [4.78, 5) is 27.5. The summed E-state index contributed by atoms with van der Waals surface area (Å²) in [5.74, 6) is -0.975. The third-order valence-corrected chi connectivity index (χ3v) is 6.65. The number of hydrogen-bond donors (Lipinski definition) is 1. The third-order valence-electron chi connectivity index (χ3n) is 5.47. The fraction of sp³-hybridized carbons (Fsp3) is 0.462. The molecule has 2 amide bonds. The predicted octanol–water partition coefficient (Wildman–Crippen LogP) is 4.01. The zero-order valence-electron chi connectivity index (χ0n) is 21.3. The Kier molecular flexibility index (Phi) is 9.43. The fourth-order valence-corrected chi connectivity index (χ4v) is 4.69. The van der Waals surface area contributed by atoms with Crippen LogP contribution in [0.2, 0.25) is 0 Å². The number of amides is 2. The van der Waals surface area contributed by atoms with Gasteiger partial charge in [0.1, 0.15) is 11.9 Å². The number of nitrogens with one attached hydrogen (secondary N) is 1. The van der Waals surface area contributed by atoms with E-state index in [0.29, 0.717) is 11.3 Å². The largest absolute Gasteiger partial charge is 0.350 e. The number of carbonyl (C=O) groups is 2. The minimum Gasteiger partial charge on any atom is -0.350 e. The molecule has 2 aromatic rings. The monoisotopic (exact) mass is 505 g/mol. The lowest BCUT2D eigenvalue weighted by molar-refractivity contribution is -0.141. The molecule has 0 aliphatic carbocycles. The van der Waals surface area contributed by atoms with E-state index in [9.17, 15) is 22.4 Å². The van der Waals surface area contributed by atoms with E-state index in [0.717, 1.165) is 11.8 Å². The molecule has 9 heteroatoms. The highest BCUT2D eigenvalue weighted by Crippen LogP contribution is 2.23. The minimum absolute atomic E-state index is 0.0479. The van der Waals surface area contributed by atoms with Crippen LogP contribution >= 0.6 is 0 Å². The normalized spacial score (nSPS) is 12.7. The number of aryl methyl sites for hydroxylation is 1. The zero-order valence-corrected chi connectivity index (χ0v) is 22.2. The van der Waals surface area contributed by atoms with Crippen molar-refractivity contribution >= 4 is 27.5 Å². The lowest BCUT2D eigenvalue weighted by atomic mass is 10.1. The molecule has 2 rings (SSSR count). The molecule has 0 fully saturated rings. The van der Waals surface area contributed by atoms with Crippen LogP contribution in [0, 0.1) is 12.7 Å². The van der Waals surface area contributed by atoms with Crippen LogP contribution in [-0.4, -0.2) is 49.5 Å². The molecule has 0 bridgehead atoms. The standard InChI is InChI=1S/C26H36FN3O4S/c1-19-10-7-8-11-23(19)30(35(6,33)34)17-9-12-24(31)29(18-21-13-15-22(27)16-14-21)20(2)25(32)28-26(3,4)5/h7-8,10-11,13-16,20H,9,12,17-18H2,1-6H3,(H,28,32)/t20-/m1/s1. The first kappa shape index (κ1) is 28.3. The van der Waals surface area contributed by atoms with Gasteiger partial charge in [-0.1, -0.05) is 30.3 Å². The maximum atomic E-state index is 13.4. The van der Waals surface area contributed by atoms with Gasteiger partial charge in [0.15, 0.2) is 0 Å². The number of rotatable bonds is 10. The third kappa shape index (κ3) is 8.65. The molecule has 0 spiro atoms. The van der Waals surface area contributed by atoms with Crippen LogP contribution in [0.1, 0.15) is 51.7 Å². The number of carbonyl (C=O) groups excluding carboxylic acids is 2. The Morgan fingerprint density at radius 3 is 2.20 bits per heavy atom. The fourth-order valence-electron chi connectivity index (χ4n) is 3.67. The lowest BCUT2D eigenvalue weighted by Gasteiger charge is -2.32. The molecular formula is C26H36FN3O4S. The first-order valence-corrected chi connectivity index (χ1v) is 13.4. The lowest BCUT2D eigenvalue weighted by Crippen LogP contribution is -2.52. The summed E-state index contributed by atoms with van der Waals surface area (Å²) in [6, 6.07) is 12.2. The molecule has 1 atom stereocenters. The van der Waals surface area contributed by atoms with Gasteiger partial charge in [-0.2, -0.15) is 0 Å². The topological polar surface area (TPSA) is 86.8 Å². The number of hydrogen-bond acceptors (Lipinski definition) is 4. The summed E-state index contributed by atoms with van der Waals surface area (Å²) in [5, 5.41) is 2.89. The highest BCUT2D eigenvalue weighted by atomic mass is 32.2. The van der Waals surface area contributed by atoms with E-state index in [1.807, 2.05) is 39.8 Å². The van der Waals surface area contributed by atoms with Gasteiger partial charge in [0.2, 0.25) is 21.8 Å². The first-order chi connectivity index (χ1) is 16.2. The van der Waals surface area contributed by atoms with Crippen molar-refractivity contribution in [1.82, 2.24) is 10.2 Å². The van der Waals surface area contributed by atoms with Crippen molar-refractivity contribution in [3.05, 3.63) is 65.5 Å². The van der Waals surface area contributed by atoms with Gasteiger partial charge in [-0.25, -0.2) is 12.8 Å². The molecule has 35 heavy (non-hydrogen) atoms. The summed E-state index contributed by atoms with van der Waals surface area (Å²) < 4.78 is 39.5. The molecule has 0 aliphatic rings. The van der Waals surface area contributed by atoms with E-state index in [-0.39, 0.29) is 43.6 Å². The Balaban J connectivity index is 2.19. The van der Waals surface area contributed by atoms with Crippen LogP contribution in [0.5, 0.6) is 0 Å². The Labute approximate surface area is 208 Å². The molecule has 192 valence electrons. The number of benzene rings is 2. The van der Waals surface area contributed by atoms with Crippen LogP contribution in [0.4, 0.5) is 10.1 Å². The number of para-hydroxylation sites is 1. The van der Waals surface area contributed by atoms with Crippen molar-refractivity contribution in [2.75, 3.05) is 17.1 Å². The van der Waals surface area contributed by atoms with Gasteiger partial charge in [-0.3, -0.25) is 13.9 Å². The Hall–Kier alpha value is -2.94. The molecule has 0 radical (unpaired) electrons. The quantitative estimate of drug-likeness (QED) is 0.529. The highest BCUT2D eigenvalue weighted by Gasteiger charge is 2.28. The second-order valence-corrected chi connectivity index (χ2v) is 11.7. The van der Waals surface area contributed by atoms with Crippen molar-refractivity contribution in [2.24, 2.45) is 0 Å². The van der Waals surface area contributed by atoms with Crippen molar-refractivity contribution in [1.29, 1.82) is 0 Å². The predicted molar refractivity (Wildman–Crippen MR) is 137 cm³/mol. The molecule has 0 aromatic heterocycles. The second-order valence-electron chi connectivity index (χ2n) is 9.79. The van der Waals surface area contributed by atoms with E-state index in [4.69, 9.17) is 0 Å². The molecule has 1 N–H and O–H groups in total. The average molecular weight is 506 g/mol. The molecule has 0 saturated carbocycles. The smallest absolute Gasteiger partial charge is 0.242 e. The van der Waals surface area contributed by atoms with Gasteiger partial charge >= 0.3 is 0 Å². The molecule has 0 heterocycles. The van der Waals surface area contributed by atoms with E-state index < -0.39 is 21.6 Å². The summed E-state index contributed by atoms with van der Waals surface area (Å²) in [6.45, 7) is 9.31. The molecule has 7 nitrogen and oxygen atoms in total. The van der Waals surface area contributed by atoms with Gasteiger partial charge in [-0.15, -0.1) is 0 Å². The van der Waals surface area contributed by atoms with Gasteiger partial charge in [-0.05, 0) is 70.4 Å². The Morgan fingerprint density at radius 2 is 1.66 bits per heavy atom. The maximum absolute atomic E-state index is 13.4. The van der Waals surface area contributed by atoms with Crippen molar-refractivity contribution in [2.45, 2.75) is 65.6 Å². The van der Waals surface area contributed by atoms with Gasteiger partial charge < -0.3 is 10.2 Å². The summed E-state index contributed by atoms with van der Waals surface area (Å²) in [7, 11) is -3.55. The highest BCUT2D eigenvalue weighted by molar-refractivity contribution is 7.92. The van der Waals surface area contributed by atoms with Crippen molar-refractivity contribution in [3.8, 4) is 0 Å². The van der Waals surface area contributed by atoms with Crippen LogP contribution < -0.4 is 9.62 Å². The first-order valence-electron chi connectivity index (χ1n) is 11.6. The summed E-state index contributed by atoms with van der Waals surface area (Å²) in [5.41, 5.74) is 1.60. The molecule has 2 aromatic carbocycles. The van der Waals surface area contributed by atoms with Gasteiger partial charge in [0.25, 0.3) is 0 Å². The van der Waals surface area contributed by atoms with Crippen LogP contribution in [0.25, 0.3) is 0 Å². The minimum atomic E-state index is -3.55. The number of sulfonamides is 1. The number of anilines is 1. The van der Waals surface area contributed by atoms with Crippen molar-refractivity contribution < 1.29 is 22.4 Å². The van der Waals surface area contributed by atoms with E-state index in [1.54, 1.807) is 31.2 Å². The Bertz CT molecular complexity index is 1130. The van der Waals surface area contributed by atoms with Gasteiger partial charge in [0.05, 0.1) is 11.9 Å². The molecule has 0 saturated heterocycles. The molecular weight excluding hydrogens is 469 g/mol. The van der Waals surface area contributed by atoms with Crippen LogP contribution in [-0.2, 0) is 26.2 Å². The Morgan fingerprint density at radius 1 is 1.06 bits per heavy atom. The second kappa shape index (κ2) is 11.7. The van der Waals surface area contributed by atoms with E-state index in [1.165, 1.54) is 21.3 Å². The van der Waals surface area contributed by atoms with Crippen molar-refractivity contribution in [3.63, 3.8) is 0 Å². The number of nitrogens with zero attached hydrogens (tertiary/aromatic N) is 2. The van der Waals surface area contributed by atoms with E-state index in [2.05, 4.69) is 5.32 Å². The van der Waals surface area contributed by atoms with Crippen LogP contribution in [0.15, 0.2) is 48.5 Å². The van der Waals surface area contributed by atoms with E-state index >= 15 is 0 Å².